The summed E-state index contributed by atoms with van der Waals surface area (Å²) in [7, 11) is 3.34. The molecule has 3 N–H and O–H groups in total. The molecule has 0 unspecified atom stereocenters. The molecule has 3 aromatic carbocycles. The van der Waals surface area contributed by atoms with Gasteiger partial charge in [-0.25, -0.2) is 0 Å². The van der Waals surface area contributed by atoms with Gasteiger partial charge in [-0.05, 0) is 73.8 Å². The van der Waals surface area contributed by atoms with E-state index in [4.69, 9.17) is 19.9 Å². The summed E-state index contributed by atoms with van der Waals surface area (Å²) in [5.74, 6) is 3.16. The number of hydrogen-bond donors (Lipinski definition) is 2. The highest BCUT2D eigenvalue weighted by atomic mass is 16.5. The highest BCUT2D eigenvalue weighted by Gasteiger charge is 2.17. The summed E-state index contributed by atoms with van der Waals surface area (Å²) in [6, 6.07) is 21.9. The van der Waals surface area contributed by atoms with Crippen LogP contribution in [0.15, 0.2) is 66.7 Å². The van der Waals surface area contributed by atoms with Crippen LogP contribution in [0.25, 0.3) is 22.2 Å². The minimum Gasteiger partial charge on any atom is -0.497 e. The van der Waals surface area contributed by atoms with Crippen LogP contribution in [0.1, 0.15) is 18.4 Å². The number of ether oxygens (including phenoxy) is 3. The average molecular weight is 417 g/mol. The molecule has 0 atom stereocenters. The van der Waals surface area contributed by atoms with Gasteiger partial charge in [0.15, 0.2) is 0 Å². The Bertz CT molecular complexity index is 1150. The van der Waals surface area contributed by atoms with Crippen molar-refractivity contribution in [1.29, 1.82) is 0 Å². The number of hydrogen-bond acceptors (Lipinski definition) is 4. The third-order valence-corrected chi connectivity index (χ3v) is 5.42. The first-order valence-corrected chi connectivity index (χ1v) is 10.5. The van der Waals surface area contributed by atoms with E-state index in [0.717, 1.165) is 64.4 Å². The Kier molecular flexibility index (Phi) is 6.43. The number of nitrogens with one attached hydrogen (secondary N) is 1. The molecule has 4 aromatic rings. The predicted octanol–water partition coefficient (Wildman–Crippen LogP) is 5.93. The van der Waals surface area contributed by atoms with E-state index in [1.807, 2.05) is 54.6 Å². The van der Waals surface area contributed by atoms with Crippen LogP contribution in [0.2, 0.25) is 0 Å². The number of aromatic nitrogens is 1. The van der Waals surface area contributed by atoms with Crippen molar-refractivity contribution in [2.24, 2.45) is 5.73 Å². The van der Waals surface area contributed by atoms with Gasteiger partial charge >= 0.3 is 0 Å². The van der Waals surface area contributed by atoms with Gasteiger partial charge in [-0.1, -0.05) is 18.2 Å². The van der Waals surface area contributed by atoms with Crippen molar-refractivity contribution in [3.05, 3.63) is 72.3 Å². The lowest BCUT2D eigenvalue weighted by Crippen LogP contribution is -1.99. The maximum Gasteiger partial charge on any atom is 0.131 e. The fourth-order valence-electron chi connectivity index (χ4n) is 3.86. The lowest BCUT2D eigenvalue weighted by Gasteiger charge is -2.12. The molecule has 0 aliphatic heterocycles. The summed E-state index contributed by atoms with van der Waals surface area (Å²) in [5, 5.41) is 1.15. The Hall–Kier alpha value is -3.44. The number of aryl methyl sites for hydroxylation is 1. The molecule has 4 rings (SSSR count). The van der Waals surface area contributed by atoms with E-state index >= 15 is 0 Å². The molecule has 0 aliphatic rings. The standard InChI is InChI=1S/C26H28N2O3/c1-29-19-11-13-22(25(17-19)30-2)26-21(10-6-7-15-27)23-16-20(12-14-24(23)28-26)31-18-8-4-3-5-9-18/h3-5,8-9,11-14,16-17,28H,6-7,10,15,27H2,1-2H3. The number of para-hydroxylation sites is 1. The van der Waals surface area contributed by atoms with Gasteiger partial charge in [-0.15, -0.1) is 0 Å². The molecule has 0 radical (unpaired) electrons. The van der Waals surface area contributed by atoms with Gasteiger partial charge in [0.05, 0.1) is 19.9 Å². The van der Waals surface area contributed by atoms with Gasteiger partial charge in [0.2, 0.25) is 0 Å². The highest BCUT2D eigenvalue weighted by molar-refractivity contribution is 5.93. The normalized spacial score (nSPS) is 10.9. The first-order chi connectivity index (χ1) is 15.2. The molecule has 0 bridgehead atoms. The van der Waals surface area contributed by atoms with E-state index in [1.165, 1.54) is 5.56 Å². The fourth-order valence-corrected chi connectivity index (χ4v) is 3.86. The van der Waals surface area contributed by atoms with Crippen molar-refractivity contribution in [3.63, 3.8) is 0 Å². The summed E-state index contributed by atoms with van der Waals surface area (Å²) in [5.41, 5.74) is 10.1. The van der Waals surface area contributed by atoms with Crippen LogP contribution in [0.4, 0.5) is 0 Å². The smallest absolute Gasteiger partial charge is 0.131 e. The van der Waals surface area contributed by atoms with E-state index in [2.05, 4.69) is 17.1 Å². The van der Waals surface area contributed by atoms with Crippen LogP contribution in [0, 0.1) is 0 Å². The van der Waals surface area contributed by atoms with E-state index in [1.54, 1.807) is 14.2 Å². The third kappa shape index (κ3) is 4.52. The average Bonchev–Trinajstić information content (AvgIpc) is 3.17. The Morgan fingerprint density at radius 1 is 0.806 bits per heavy atom. The van der Waals surface area contributed by atoms with Gasteiger partial charge in [0, 0.05) is 22.5 Å². The third-order valence-electron chi connectivity index (χ3n) is 5.42. The van der Waals surface area contributed by atoms with Gasteiger partial charge in [-0.3, -0.25) is 0 Å². The van der Waals surface area contributed by atoms with Crippen molar-refractivity contribution < 1.29 is 14.2 Å². The molecule has 31 heavy (non-hydrogen) atoms. The van der Waals surface area contributed by atoms with Gasteiger partial charge < -0.3 is 24.9 Å². The highest BCUT2D eigenvalue weighted by Crippen LogP contribution is 2.39. The lowest BCUT2D eigenvalue weighted by molar-refractivity contribution is 0.395. The minimum atomic E-state index is 0.686. The number of aromatic amines is 1. The number of H-pyrrole nitrogens is 1. The van der Waals surface area contributed by atoms with Crippen LogP contribution in [-0.2, 0) is 6.42 Å². The number of methoxy groups -OCH3 is 2. The van der Waals surface area contributed by atoms with Crippen LogP contribution < -0.4 is 19.9 Å². The second kappa shape index (κ2) is 9.58. The number of unbranched alkanes of at least 4 members (excludes halogenated alkanes) is 1. The molecule has 0 saturated carbocycles. The molecule has 0 spiro atoms. The lowest BCUT2D eigenvalue weighted by atomic mass is 9.99. The van der Waals surface area contributed by atoms with Gasteiger partial charge in [0.25, 0.3) is 0 Å². The number of fused-ring (bicyclic) bond motifs is 1. The Morgan fingerprint density at radius 2 is 1.61 bits per heavy atom. The molecule has 1 heterocycles. The Morgan fingerprint density at radius 3 is 2.35 bits per heavy atom. The van der Waals surface area contributed by atoms with Crippen molar-refractivity contribution >= 4 is 10.9 Å². The predicted molar refractivity (Wildman–Crippen MR) is 125 cm³/mol. The van der Waals surface area contributed by atoms with Crippen LogP contribution in [0.3, 0.4) is 0 Å². The summed E-state index contributed by atoms with van der Waals surface area (Å²) < 4.78 is 17.1. The second-order valence-corrected chi connectivity index (χ2v) is 7.41. The van der Waals surface area contributed by atoms with E-state index < -0.39 is 0 Å². The topological polar surface area (TPSA) is 69.5 Å². The molecular formula is C26H28N2O3. The van der Waals surface area contributed by atoms with E-state index in [9.17, 15) is 0 Å². The van der Waals surface area contributed by atoms with Crippen molar-refractivity contribution in [1.82, 2.24) is 4.98 Å². The molecule has 5 heteroatoms. The first kappa shape index (κ1) is 20.8. The molecule has 0 saturated heterocycles. The molecule has 0 amide bonds. The zero-order valence-electron chi connectivity index (χ0n) is 18.0. The maximum atomic E-state index is 6.08. The summed E-state index contributed by atoms with van der Waals surface area (Å²) in [6.07, 6.45) is 2.90. The van der Waals surface area contributed by atoms with Gasteiger partial charge in [0.1, 0.15) is 23.0 Å². The molecule has 160 valence electrons. The van der Waals surface area contributed by atoms with Crippen LogP contribution >= 0.6 is 0 Å². The molecule has 0 fully saturated rings. The second-order valence-electron chi connectivity index (χ2n) is 7.41. The van der Waals surface area contributed by atoms with Crippen molar-refractivity contribution in [2.75, 3.05) is 20.8 Å². The monoisotopic (exact) mass is 416 g/mol. The largest absolute Gasteiger partial charge is 0.497 e. The molecule has 1 aromatic heterocycles. The Balaban J connectivity index is 1.80. The van der Waals surface area contributed by atoms with E-state index in [0.29, 0.717) is 6.54 Å². The quantitative estimate of drug-likeness (QED) is 0.332. The fraction of sp³-hybridized carbons (Fsp3) is 0.231. The number of nitrogens with two attached hydrogens (primary N) is 1. The zero-order chi connectivity index (χ0) is 21.6. The molecular weight excluding hydrogens is 388 g/mol. The van der Waals surface area contributed by atoms with Crippen molar-refractivity contribution in [2.45, 2.75) is 19.3 Å². The summed E-state index contributed by atoms with van der Waals surface area (Å²) >= 11 is 0. The minimum absolute atomic E-state index is 0.686. The van der Waals surface area contributed by atoms with Crippen molar-refractivity contribution in [3.8, 4) is 34.3 Å². The summed E-state index contributed by atoms with van der Waals surface area (Å²) in [6.45, 7) is 0.686. The van der Waals surface area contributed by atoms with Crippen LogP contribution in [0.5, 0.6) is 23.0 Å². The number of rotatable bonds is 9. The van der Waals surface area contributed by atoms with E-state index in [-0.39, 0.29) is 0 Å². The first-order valence-electron chi connectivity index (χ1n) is 10.5. The van der Waals surface area contributed by atoms with Gasteiger partial charge in [-0.2, -0.15) is 0 Å². The SMILES string of the molecule is COc1ccc(-c2[nH]c3ccc(Oc4ccccc4)cc3c2CCCCN)c(OC)c1. The zero-order valence-corrected chi connectivity index (χ0v) is 18.0. The van der Waals surface area contributed by atoms with Crippen LogP contribution in [-0.4, -0.2) is 25.7 Å². The Labute approximate surface area is 182 Å². The maximum absolute atomic E-state index is 6.08. The summed E-state index contributed by atoms with van der Waals surface area (Å²) in [4.78, 5) is 3.60. The number of benzene rings is 3. The molecule has 5 nitrogen and oxygen atoms in total. The molecule has 0 aliphatic carbocycles.